The van der Waals surface area contributed by atoms with Crippen LogP contribution in [0, 0.1) is 0 Å². The van der Waals surface area contributed by atoms with Gasteiger partial charge in [-0.05, 0) is 24.6 Å². The molecule has 96 valence electrons. The molecule has 0 bridgehead atoms. The summed E-state index contributed by atoms with van der Waals surface area (Å²) in [5, 5.41) is 7.05. The van der Waals surface area contributed by atoms with Crippen LogP contribution in [0.25, 0.3) is 0 Å². The highest BCUT2D eigenvalue weighted by atomic mass is 32.2. The molecule has 1 N–H and O–H groups in total. The average molecular weight is 273 g/mol. The van der Waals surface area contributed by atoms with Gasteiger partial charge in [0.15, 0.2) is 5.16 Å². The molecule has 2 rings (SSSR count). The topological polar surface area (TPSA) is 41.6 Å². The van der Waals surface area contributed by atoms with E-state index in [1.807, 2.05) is 6.92 Å². The van der Waals surface area contributed by atoms with Crippen molar-refractivity contribution in [3.8, 4) is 0 Å². The Bertz CT molecular complexity index is 493. The van der Waals surface area contributed by atoms with Gasteiger partial charge < -0.3 is 0 Å². The minimum Gasteiger partial charge on any atom is -0.254 e. The molecule has 0 aliphatic carbocycles. The molecule has 0 saturated carbocycles. The average Bonchev–Trinajstić information content (AvgIpc) is 2.81. The van der Waals surface area contributed by atoms with Gasteiger partial charge in [0.2, 0.25) is 0 Å². The SMILES string of the molecule is CC(Sc1ncn[nH]1)c1ccc(C(F)(F)F)cc1. The van der Waals surface area contributed by atoms with E-state index >= 15 is 0 Å². The molecule has 1 atom stereocenters. The number of benzene rings is 1. The van der Waals surface area contributed by atoms with Crippen molar-refractivity contribution in [2.45, 2.75) is 23.5 Å². The molecular weight excluding hydrogens is 263 g/mol. The van der Waals surface area contributed by atoms with Crippen molar-refractivity contribution >= 4 is 11.8 Å². The van der Waals surface area contributed by atoms with E-state index in [-0.39, 0.29) is 5.25 Å². The second kappa shape index (κ2) is 5.01. The number of aromatic amines is 1. The zero-order valence-corrected chi connectivity index (χ0v) is 10.2. The van der Waals surface area contributed by atoms with Crippen LogP contribution in [0.2, 0.25) is 0 Å². The van der Waals surface area contributed by atoms with Crippen LogP contribution in [0.4, 0.5) is 13.2 Å². The lowest BCUT2D eigenvalue weighted by Gasteiger charge is -2.11. The first-order chi connectivity index (χ1) is 8.47. The number of rotatable bonds is 3. The molecule has 0 fully saturated rings. The monoisotopic (exact) mass is 273 g/mol. The molecule has 0 spiro atoms. The van der Waals surface area contributed by atoms with E-state index < -0.39 is 11.7 Å². The van der Waals surface area contributed by atoms with Crippen molar-refractivity contribution in [1.82, 2.24) is 15.2 Å². The second-order valence-corrected chi connectivity index (χ2v) is 5.00. The highest BCUT2D eigenvalue weighted by Crippen LogP contribution is 2.34. The fourth-order valence-electron chi connectivity index (χ4n) is 1.43. The Kier molecular flexibility index (Phi) is 3.60. The smallest absolute Gasteiger partial charge is 0.254 e. The van der Waals surface area contributed by atoms with Crippen LogP contribution in [-0.2, 0) is 6.18 Å². The summed E-state index contributed by atoms with van der Waals surface area (Å²) in [6, 6.07) is 5.15. The molecule has 18 heavy (non-hydrogen) atoms. The van der Waals surface area contributed by atoms with Gasteiger partial charge in [0.05, 0.1) is 5.56 Å². The van der Waals surface area contributed by atoms with Crippen molar-refractivity contribution in [2.24, 2.45) is 0 Å². The number of nitrogens with zero attached hydrogens (tertiary/aromatic N) is 2. The van der Waals surface area contributed by atoms with Gasteiger partial charge in [-0.2, -0.15) is 18.3 Å². The maximum atomic E-state index is 12.4. The summed E-state index contributed by atoms with van der Waals surface area (Å²) in [6.07, 6.45) is -2.90. The summed E-state index contributed by atoms with van der Waals surface area (Å²) in [6.45, 7) is 1.90. The van der Waals surface area contributed by atoms with Crippen LogP contribution < -0.4 is 0 Å². The number of thioether (sulfide) groups is 1. The third-order valence-electron chi connectivity index (χ3n) is 2.39. The third-order valence-corrected chi connectivity index (χ3v) is 3.43. The van der Waals surface area contributed by atoms with Crippen molar-refractivity contribution in [2.75, 3.05) is 0 Å². The molecule has 7 heteroatoms. The fourth-order valence-corrected chi connectivity index (χ4v) is 2.27. The first kappa shape index (κ1) is 12.9. The van der Waals surface area contributed by atoms with E-state index in [1.54, 1.807) is 0 Å². The number of hydrogen-bond acceptors (Lipinski definition) is 3. The van der Waals surface area contributed by atoms with Gasteiger partial charge in [0, 0.05) is 5.25 Å². The van der Waals surface area contributed by atoms with Crippen molar-refractivity contribution in [3.05, 3.63) is 41.7 Å². The van der Waals surface area contributed by atoms with Crippen molar-refractivity contribution in [1.29, 1.82) is 0 Å². The summed E-state index contributed by atoms with van der Waals surface area (Å²) < 4.78 is 37.2. The standard InChI is InChI=1S/C11H10F3N3S/c1-7(18-10-15-6-16-17-10)8-2-4-9(5-3-8)11(12,13)14/h2-7H,1H3,(H,15,16,17). The quantitative estimate of drug-likeness (QED) is 0.867. The number of aromatic nitrogens is 3. The Balaban J connectivity index is 2.10. The summed E-state index contributed by atoms with van der Waals surface area (Å²) >= 11 is 1.41. The normalized spacial score (nSPS) is 13.6. The predicted molar refractivity (Wildman–Crippen MR) is 62.1 cm³/mol. The number of alkyl halides is 3. The number of halogens is 3. The molecule has 1 aromatic heterocycles. The van der Waals surface area contributed by atoms with E-state index in [0.29, 0.717) is 5.16 Å². The maximum absolute atomic E-state index is 12.4. The van der Waals surface area contributed by atoms with Crippen LogP contribution >= 0.6 is 11.8 Å². The van der Waals surface area contributed by atoms with Gasteiger partial charge in [-0.1, -0.05) is 23.9 Å². The van der Waals surface area contributed by atoms with Gasteiger partial charge in [0.25, 0.3) is 0 Å². The number of nitrogens with one attached hydrogen (secondary N) is 1. The van der Waals surface area contributed by atoms with Crippen molar-refractivity contribution in [3.63, 3.8) is 0 Å². The fraction of sp³-hybridized carbons (Fsp3) is 0.273. The maximum Gasteiger partial charge on any atom is 0.416 e. The van der Waals surface area contributed by atoms with Crippen LogP contribution in [-0.4, -0.2) is 15.2 Å². The lowest BCUT2D eigenvalue weighted by molar-refractivity contribution is -0.137. The van der Waals surface area contributed by atoms with Crippen LogP contribution in [0.3, 0.4) is 0 Å². The highest BCUT2D eigenvalue weighted by Gasteiger charge is 2.30. The van der Waals surface area contributed by atoms with E-state index in [0.717, 1.165) is 17.7 Å². The van der Waals surface area contributed by atoms with Crippen LogP contribution in [0.15, 0.2) is 35.7 Å². The van der Waals surface area contributed by atoms with E-state index in [2.05, 4.69) is 15.2 Å². The highest BCUT2D eigenvalue weighted by molar-refractivity contribution is 7.99. The molecule has 0 radical (unpaired) electrons. The Morgan fingerprint density at radius 1 is 1.22 bits per heavy atom. The van der Waals surface area contributed by atoms with Gasteiger partial charge in [-0.25, -0.2) is 4.98 Å². The molecule has 3 nitrogen and oxygen atoms in total. The molecule has 0 aliphatic heterocycles. The van der Waals surface area contributed by atoms with Crippen LogP contribution in [0.1, 0.15) is 23.3 Å². The molecule has 0 aliphatic rings. The second-order valence-electron chi connectivity index (χ2n) is 3.67. The Morgan fingerprint density at radius 3 is 2.39 bits per heavy atom. The first-order valence-corrected chi connectivity index (χ1v) is 6.04. The zero-order chi connectivity index (χ0) is 13.2. The summed E-state index contributed by atoms with van der Waals surface area (Å²) in [5.74, 6) is 0. The summed E-state index contributed by atoms with van der Waals surface area (Å²) in [7, 11) is 0. The van der Waals surface area contributed by atoms with E-state index in [4.69, 9.17) is 0 Å². The largest absolute Gasteiger partial charge is 0.416 e. The van der Waals surface area contributed by atoms with Gasteiger partial charge in [-0.15, -0.1) is 0 Å². The Labute approximate surface area is 106 Å². The van der Waals surface area contributed by atoms with E-state index in [9.17, 15) is 13.2 Å². The lowest BCUT2D eigenvalue weighted by Crippen LogP contribution is -2.04. The molecule has 0 saturated heterocycles. The summed E-state index contributed by atoms with van der Waals surface area (Å²) in [5.41, 5.74) is 0.174. The van der Waals surface area contributed by atoms with Crippen LogP contribution in [0.5, 0.6) is 0 Å². The molecular formula is C11H10F3N3S. The molecule has 1 heterocycles. The molecule has 1 aromatic carbocycles. The zero-order valence-electron chi connectivity index (χ0n) is 9.40. The number of H-pyrrole nitrogens is 1. The van der Waals surface area contributed by atoms with Crippen molar-refractivity contribution < 1.29 is 13.2 Å². The Morgan fingerprint density at radius 2 is 1.89 bits per heavy atom. The number of hydrogen-bond donors (Lipinski definition) is 1. The van der Waals surface area contributed by atoms with Gasteiger partial charge >= 0.3 is 6.18 Å². The van der Waals surface area contributed by atoms with Gasteiger partial charge in [-0.3, -0.25) is 5.10 Å². The Hall–Kier alpha value is -1.50. The minimum absolute atomic E-state index is 0.000216. The minimum atomic E-state index is -4.29. The first-order valence-electron chi connectivity index (χ1n) is 5.16. The third kappa shape index (κ3) is 3.04. The molecule has 1 unspecified atom stereocenters. The predicted octanol–water partition coefficient (Wildman–Crippen LogP) is 3.68. The molecule has 2 aromatic rings. The van der Waals surface area contributed by atoms with Gasteiger partial charge in [0.1, 0.15) is 6.33 Å². The summed E-state index contributed by atoms with van der Waals surface area (Å²) in [4.78, 5) is 3.95. The lowest BCUT2D eigenvalue weighted by atomic mass is 10.1. The molecule has 0 amide bonds. The van der Waals surface area contributed by atoms with E-state index in [1.165, 1.54) is 30.2 Å².